The minimum absolute atomic E-state index is 0.0902. The van der Waals surface area contributed by atoms with E-state index in [9.17, 15) is 9.59 Å². The normalized spacial score (nSPS) is 32.7. The molecule has 0 amide bonds. The molecule has 0 heterocycles. The first-order valence-corrected chi connectivity index (χ1v) is 3.38. The van der Waals surface area contributed by atoms with Crippen molar-refractivity contribution in [1.29, 1.82) is 0 Å². The third kappa shape index (κ3) is 1.03. The summed E-state index contributed by atoms with van der Waals surface area (Å²) in [5.41, 5.74) is 0. The highest BCUT2D eigenvalue weighted by Crippen LogP contribution is 2.27. The Kier molecular flexibility index (Phi) is 1.74. The number of ketones is 1. The molecule has 1 aliphatic rings. The van der Waals surface area contributed by atoms with Gasteiger partial charge in [0.2, 0.25) is 0 Å². The van der Waals surface area contributed by atoms with Gasteiger partial charge < -0.3 is 5.11 Å². The average Bonchev–Trinajstić information content (AvgIpc) is 2.14. The van der Waals surface area contributed by atoms with Crippen molar-refractivity contribution >= 4 is 11.8 Å². The van der Waals surface area contributed by atoms with E-state index in [-0.39, 0.29) is 11.7 Å². The summed E-state index contributed by atoms with van der Waals surface area (Å²) in [4.78, 5) is 21.2. The van der Waals surface area contributed by atoms with E-state index in [2.05, 4.69) is 0 Å². The number of carboxylic acid groups (broad SMARTS) is 1. The van der Waals surface area contributed by atoms with Crippen molar-refractivity contribution < 1.29 is 14.7 Å². The molecule has 0 radical (unpaired) electrons. The Morgan fingerprint density at radius 3 is 2.50 bits per heavy atom. The molecule has 1 unspecified atom stereocenters. The van der Waals surface area contributed by atoms with Crippen molar-refractivity contribution in [1.82, 2.24) is 0 Å². The van der Waals surface area contributed by atoms with E-state index < -0.39 is 11.9 Å². The number of hydrogen-bond acceptors (Lipinski definition) is 2. The molecule has 2 atom stereocenters. The van der Waals surface area contributed by atoms with Crippen molar-refractivity contribution in [3.63, 3.8) is 0 Å². The maximum Gasteiger partial charge on any atom is 0.307 e. The van der Waals surface area contributed by atoms with Crippen LogP contribution in [-0.4, -0.2) is 16.9 Å². The van der Waals surface area contributed by atoms with Crippen LogP contribution in [0.5, 0.6) is 0 Å². The quantitative estimate of drug-likeness (QED) is 0.586. The average molecular weight is 142 g/mol. The van der Waals surface area contributed by atoms with Crippen molar-refractivity contribution in [2.45, 2.75) is 19.8 Å². The van der Waals surface area contributed by atoms with E-state index in [1.165, 1.54) is 0 Å². The van der Waals surface area contributed by atoms with Crippen LogP contribution in [0.1, 0.15) is 19.8 Å². The van der Waals surface area contributed by atoms with Crippen LogP contribution in [0.3, 0.4) is 0 Å². The minimum atomic E-state index is -0.835. The fourth-order valence-electron chi connectivity index (χ4n) is 1.34. The van der Waals surface area contributed by atoms with Gasteiger partial charge in [0.05, 0.1) is 5.92 Å². The van der Waals surface area contributed by atoms with Gasteiger partial charge in [-0.25, -0.2) is 0 Å². The van der Waals surface area contributed by atoms with Gasteiger partial charge in [-0.3, -0.25) is 9.59 Å². The number of aliphatic carboxylic acids is 1. The maximum atomic E-state index is 10.8. The molecular weight excluding hydrogens is 132 g/mol. The Hall–Kier alpha value is -0.860. The van der Waals surface area contributed by atoms with Gasteiger partial charge >= 0.3 is 5.97 Å². The van der Waals surface area contributed by atoms with Crippen LogP contribution in [0.2, 0.25) is 0 Å². The summed E-state index contributed by atoms with van der Waals surface area (Å²) in [6.07, 6.45) is 0.966. The Labute approximate surface area is 59.0 Å². The van der Waals surface area contributed by atoms with Crippen LogP contribution >= 0.6 is 0 Å². The fraction of sp³-hybridized carbons (Fsp3) is 0.714. The predicted octanol–water partition coefficient (Wildman–Crippen LogP) is 0.686. The Morgan fingerprint density at radius 2 is 2.30 bits per heavy atom. The summed E-state index contributed by atoms with van der Waals surface area (Å²) in [6, 6.07) is 0. The third-order valence-corrected chi connectivity index (χ3v) is 2.13. The summed E-state index contributed by atoms with van der Waals surface area (Å²) in [5, 5.41) is 8.55. The lowest BCUT2D eigenvalue weighted by Gasteiger charge is -2.06. The van der Waals surface area contributed by atoms with Crippen molar-refractivity contribution in [3.05, 3.63) is 0 Å². The molecule has 1 rings (SSSR count). The topological polar surface area (TPSA) is 54.4 Å². The van der Waals surface area contributed by atoms with Crippen LogP contribution in [0.4, 0.5) is 0 Å². The second kappa shape index (κ2) is 2.40. The molecule has 0 aromatic carbocycles. The first-order valence-electron chi connectivity index (χ1n) is 3.38. The lowest BCUT2D eigenvalue weighted by Crippen LogP contribution is -2.18. The zero-order valence-corrected chi connectivity index (χ0v) is 5.83. The summed E-state index contributed by atoms with van der Waals surface area (Å²) in [5.74, 6) is -1.43. The second-order valence-corrected chi connectivity index (χ2v) is 2.74. The van der Waals surface area contributed by atoms with Gasteiger partial charge in [0.1, 0.15) is 5.78 Å². The molecule has 1 saturated carbocycles. The van der Waals surface area contributed by atoms with Crippen molar-refractivity contribution in [3.8, 4) is 0 Å². The highest BCUT2D eigenvalue weighted by Gasteiger charge is 2.35. The van der Waals surface area contributed by atoms with E-state index in [0.29, 0.717) is 12.8 Å². The summed E-state index contributed by atoms with van der Waals surface area (Å²) >= 11 is 0. The predicted molar refractivity (Wildman–Crippen MR) is 34.5 cm³/mol. The Morgan fingerprint density at radius 1 is 1.70 bits per heavy atom. The van der Waals surface area contributed by atoms with Crippen molar-refractivity contribution in [2.75, 3.05) is 0 Å². The smallest absolute Gasteiger partial charge is 0.307 e. The maximum absolute atomic E-state index is 10.8. The van der Waals surface area contributed by atoms with Gasteiger partial charge in [-0.15, -0.1) is 0 Å². The number of carbonyl (C=O) groups is 2. The monoisotopic (exact) mass is 142 g/mol. The van der Waals surface area contributed by atoms with E-state index in [0.717, 1.165) is 0 Å². The molecule has 0 aliphatic heterocycles. The Bertz CT molecular complexity index is 174. The first-order chi connectivity index (χ1) is 4.63. The highest BCUT2D eigenvalue weighted by molar-refractivity contribution is 5.89. The molecule has 10 heavy (non-hydrogen) atoms. The summed E-state index contributed by atoms with van der Waals surface area (Å²) in [7, 11) is 0. The van der Waals surface area contributed by atoms with Gasteiger partial charge in [-0.05, 0) is 6.42 Å². The largest absolute Gasteiger partial charge is 0.481 e. The van der Waals surface area contributed by atoms with E-state index in [4.69, 9.17) is 5.11 Å². The van der Waals surface area contributed by atoms with Gasteiger partial charge in [-0.1, -0.05) is 6.92 Å². The minimum Gasteiger partial charge on any atom is -0.481 e. The van der Waals surface area contributed by atoms with Crippen LogP contribution < -0.4 is 0 Å². The molecule has 0 bridgehead atoms. The van der Waals surface area contributed by atoms with Gasteiger partial charge in [0.15, 0.2) is 0 Å². The molecule has 3 nitrogen and oxygen atoms in total. The van der Waals surface area contributed by atoms with Crippen LogP contribution in [0, 0.1) is 11.8 Å². The molecule has 0 aromatic heterocycles. The fourth-order valence-corrected chi connectivity index (χ4v) is 1.34. The molecule has 56 valence electrons. The SMILES string of the molecule is CC1C(=O)CC[C@@H]1C(=O)O. The molecule has 0 spiro atoms. The zero-order valence-electron chi connectivity index (χ0n) is 5.83. The number of rotatable bonds is 1. The lowest BCUT2D eigenvalue weighted by atomic mass is 9.98. The molecule has 0 saturated heterocycles. The summed E-state index contributed by atoms with van der Waals surface area (Å²) in [6.45, 7) is 1.69. The standard InChI is InChI=1S/C7H10O3/c1-4-5(7(9)10)2-3-6(4)8/h4-5H,2-3H2,1H3,(H,9,10)/t4?,5-/m0/s1. The second-order valence-electron chi connectivity index (χ2n) is 2.74. The van der Waals surface area contributed by atoms with E-state index in [1.807, 2.05) is 0 Å². The van der Waals surface area contributed by atoms with Crippen molar-refractivity contribution in [2.24, 2.45) is 11.8 Å². The van der Waals surface area contributed by atoms with Gasteiger partial charge in [0, 0.05) is 12.3 Å². The molecular formula is C7H10O3. The third-order valence-electron chi connectivity index (χ3n) is 2.13. The van der Waals surface area contributed by atoms with Crippen LogP contribution in [0.25, 0.3) is 0 Å². The molecule has 3 heteroatoms. The van der Waals surface area contributed by atoms with Crippen LogP contribution in [-0.2, 0) is 9.59 Å². The Balaban J connectivity index is 2.66. The summed E-state index contributed by atoms with van der Waals surface area (Å²) < 4.78 is 0. The van der Waals surface area contributed by atoms with Gasteiger partial charge in [0.25, 0.3) is 0 Å². The number of hydrogen-bond donors (Lipinski definition) is 1. The number of carboxylic acids is 1. The zero-order chi connectivity index (χ0) is 7.72. The van der Waals surface area contributed by atoms with E-state index in [1.54, 1.807) is 6.92 Å². The molecule has 1 N–H and O–H groups in total. The number of Topliss-reactive ketones (excluding diaryl/α,β-unsaturated/α-hetero) is 1. The first kappa shape index (κ1) is 7.25. The van der Waals surface area contributed by atoms with E-state index >= 15 is 0 Å². The number of carbonyl (C=O) groups excluding carboxylic acids is 1. The lowest BCUT2D eigenvalue weighted by molar-refractivity contribution is -0.144. The molecule has 0 aromatic rings. The molecule has 1 fully saturated rings. The van der Waals surface area contributed by atoms with Gasteiger partial charge in [-0.2, -0.15) is 0 Å². The molecule has 1 aliphatic carbocycles. The highest BCUT2D eigenvalue weighted by atomic mass is 16.4. The van der Waals surface area contributed by atoms with Crippen LogP contribution in [0.15, 0.2) is 0 Å².